The minimum absolute atomic E-state index is 0.365. The van der Waals surface area contributed by atoms with Crippen LogP contribution in [-0.2, 0) is 23.8 Å². The molecule has 0 aliphatic carbocycles. The lowest BCUT2D eigenvalue weighted by atomic mass is 10.4. The molecule has 0 spiro atoms. The zero-order chi connectivity index (χ0) is 15.4. The van der Waals surface area contributed by atoms with Crippen molar-refractivity contribution in [1.29, 1.82) is 0 Å². The predicted octanol–water partition coefficient (Wildman–Crippen LogP) is -1.62. The maximum Gasteiger partial charge on any atom is 0.338 e. The first-order valence-electron chi connectivity index (χ1n) is 6.02. The molecule has 116 valence electrons. The van der Waals surface area contributed by atoms with Crippen molar-refractivity contribution in [3.8, 4) is 0 Å². The molecule has 1 atom stereocenters. The number of cyclic esters (lactones) is 2. The lowest BCUT2D eigenvalue weighted by molar-refractivity contribution is -0.150. The van der Waals surface area contributed by atoms with E-state index in [1.54, 1.807) is 0 Å². The first kappa shape index (κ1) is 18.7. The monoisotopic (exact) mass is 292 g/mol. The molecule has 3 rings (SSSR count). The summed E-state index contributed by atoms with van der Waals surface area (Å²) >= 11 is 0. The van der Waals surface area contributed by atoms with E-state index in [0.717, 1.165) is 32.0 Å². The summed E-state index contributed by atoms with van der Waals surface area (Å²) in [5.74, 6) is -1.16. The van der Waals surface area contributed by atoms with Gasteiger partial charge in [0.1, 0.15) is 6.10 Å². The summed E-state index contributed by atoms with van der Waals surface area (Å²) in [6.07, 6.45) is 1.80. The van der Waals surface area contributed by atoms with Crippen molar-refractivity contribution in [3.63, 3.8) is 0 Å². The van der Waals surface area contributed by atoms with Crippen LogP contribution in [-0.4, -0.2) is 72.5 Å². The summed E-state index contributed by atoms with van der Waals surface area (Å²) in [5, 5.41) is 24.0. The van der Waals surface area contributed by atoms with Crippen molar-refractivity contribution in [3.05, 3.63) is 12.2 Å². The molecule has 2 fully saturated rings. The minimum atomic E-state index is -0.954. The van der Waals surface area contributed by atoms with Crippen LogP contribution in [0.3, 0.4) is 0 Å². The maximum atomic E-state index is 9.92. The molecule has 0 aromatic carbocycles. The predicted molar refractivity (Wildman–Crippen MR) is 66.7 cm³/mol. The van der Waals surface area contributed by atoms with Gasteiger partial charge in [-0.2, -0.15) is 0 Å². The molecule has 0 saturated carbocycles. The van der Waals surface area contributed by atoms with Crippen molar-refractivity contribution >= 4 is 11.9 Å². The summed E-state index contributed by atoms with van der Waals surface area (Å²) in [5.41, 5.74) is 0. The smallest absolute Gasteiger partial charge is 0.338 e. The Morgan fingerprint density at radius 3 is 1.60 bits per heavy atom. The number of carbonyl (C=O) groups is 2. The molecule has 0 amide bonds. The van der Waals surface area contributed by atoms with E-state index in [9.17, 15) is 9.59 Å². The molecular formula is C12H20O8. The lowest BCUT2D eigenvalue weighted by Crippen LogP contribution is -2.15. The van der Waals surface area contributed by atoms with Gasteiger partial charge >= 0.3 is 11.9 Å². The molecule has 2 saturated heterocycles. The van der Waals surface area contributed by atoms with Crippen LogP contribution in [0.2, 0.25) is 0 Å². The highest BCUT2D eigenvalue weighted by Crippen LogP contribution is 2.04. The van der Waals surface area contributed by atoms with Crippen LogP contribution in [0.15, 0.2) is 12.2 Å². The molecule has 3 aliphatic heterocycles. The van der Waals surface area contributed by atoms with Gasteiger partial charge in [0.15, 0.2) is 0 Å². The largest absolute Gasteiger partial charge is 0.394 e. The molecule has 0 bridgehead atoms. The molecule has 20 heavy (non-hydrogen) atoms. The van der Waals surface area contributed by atoms with Crippen LogP contribution >= 0.6 is 0 Å². The normalized spacial score (nSPS) is 20.8. The van der Waals surface area contributed by atoms with Crippen molar-refractivity contribution in [1.82, 2.24) is 0 Å². The molecule has 3 N–H and O–H groups in total. The SMILES string of the molecule is C1CO1.CC1CO1.O=C1C=CC(=O)O1.OCC(O)CO. The number of esters is 2. The van der Waals surface area contributed by atoms with E-state index in [1.165, 1.54) is 0 Å². The second-order valence-corrected chi connectivity index (χ2v) is 3.85. The van der Waals surface area contributed by atoms with Gasteiger partial charge in [-0.15, -0.1) is 0 Å². The van der Waals surface area contributed by atoms with E-state index >= 15 is 0 Å². The van der Waals surface area contributed by atoms with Gasteiger partial charge in [-0.1, -0.05) is 0 Å². The van der Waals surface area contributed by atoms with Crippen LogP contribution in [0.1, 0.15) is 6.92 Å². The summed E-state index contributed by atoms with van der Waals surface area (Å²) in [7, 11) is 0. The van der Waals surface area contributed by atoms with E-state index in [-0.39, 0.29) is 13.2 Å². The van der Waals surface area contributed by atoms with Crippen molar-refractivity contribution < 1.29 is 39.1 Å². The third kappa shape index (κ3) is 16.7. The summed E-state index contributed by atoms with van der Waals surface area (Å²) in [6.45, 7) is 4.31. The van der Waals surface area contributed by atoms with Crippen LogP contribution in [0.5, 0.6) is 0 Å². The van der Waals surface area contributed by atoms with Gasteiger partial charge in [0.05, 0.1) is 39.1 Å². The fraction of sp³-hybridized carbons (Fsp3) is 0.667. The number of hydrogen-bond acceptors (Lipinski definition) is 8. The molecule has 0 radical (unpaired) electrons. The number of aliphatic hydroxyl groups excluding tert-OH is 3. The average molecular weight is 292 g/mol. The highest BCUT2D eigenvalue weighted by atomic mass is 16.6. The summed E-state index contributed by atoms with van der Waals surface area (Å²) < 4.78 is 13.2. The van der Waals surface area contributed by atoms with E-state index in [0.29, 0.717) is 6.10 Å². The fourth-order valence-electron chi connectivity index (χ4n) is 0.457. The van der Waals surface area contributed by atoms with E-state index in [2.05, 4.69) is 16.4 Å². The Labute approximate surface area is 116 Å². The highest BCUT2D eigenvalue weighted by molar-refractivity contribution is 6.04. The number of epoxide rings is 2. The van der Waals surface area contributed by atoms with Gasteiger partial charge in [-0.3, -0.25) is 0 Å². The Balaban J connectivity index is 0.000000251. The van der Waals surface area contributed by atoms with Crippen molar-refractivity contribution in [2.75, 3.05) is 33.0 Å². The Hall–Kier alpha value is -1.32. The van der Waals surface area contributed by atoms with Gasteiger partial charge in [0, 0.05) is 12.2 Å². The second kappa shape index (κ2) is 11.5. The number of aliphatic hydroxyl groups is 3. The fourth-order valence-corrected chi connectivity index (χ4v) is 0.457. The summed E-state index contributed by atoms with van der Waals surface area (Å²) in [4.78, 5) is 19.8. The molecule has 3 aliphatic rings. The van der Waals surface area contributed by atoms with Gasteiger partial charge in [-0.25, -0.2) is 9.59 Å². The van der Waals surface area contributed by atoms with Crippen LogP contribution in [0.25, 0.3) is 0 Å². The number of rotatable bonds is 2. The van der Waals surface area contributed by atoms with Gasteiger partial charge < -0.3 is 29.5 Å². The Morgan fingerprint density at radius 2 is 1.55 bits per heavy atom. The first-order valence-corrected chi connectivity index (χ1v) is 6.02. The molecule has 0 aromatic rings. The Bertz CT molecular complexity index is 286. The average Bonchev–Trinajstić information content (AvgIpc) is 3.33. The van der Waals surface area contributed by atoms with E-state index in [1.807, 2.05) is 0 Å². The van der Waals surface area contributed by atoms with Gasteiger partial charge in [0.2, 0.25) is 0 Å². The number of carbonyl (C=O) groups excluding carboxylic acids is 2. The van der Waals surface area contributed by atoms with Crippen LogP contribution in [0.4, 0.5) is 0 Å². The molecule has 0 aromatic heterocycles. The standard InChI is InChI=1S/C4H2O3.C3H8O3.C3H6O.C2H4O/c5-3-1-2-4(6)7-3;4-1-3(6)2-5;1-3-2-4-3;1-2-3-1/h1-2H;3-6H,1-2H2;3H,2H2,1H3;1-2H2. The zero-order valence-corrected chi connectivity index (χ0v) is 11.2. The third-order valence-corrected chi connectivity index (χ3v) is 1.68. The van der Waals surface area contributed by atoms with Crippen molar-refractivity contribution in [2.24, 2.45) is 0 Å². The number of ether oxygens (including phenoxy) is 3. The van der Waals surface area contributed by atoms with Crippen LogP contribution in [0, 0.1) is 0 Å². The lowest BCUT2D eigenvalue weighted by Gasteiger charge is -1.96. The highest BCUT2D eigenvalue weighted by Gasteiger charge is 2.13. The van der Waals surface area contributed by atoms with Gasteiger partial charge in [-0.05, 0) is 6.92 Å². The molecule has 8 nitrogen and oxygen atoms in total. The minimum Gasteiger partial charge on any atom is -0.394 e. The zero-order valence-electron chi connectivity index (χ0n) is 11.2. The Morgan fingerprint density at radius 1 is 1.20 bits per heavy atom. The van der Waals surface area contributed by atoms with Crippen molar-refractivity contribution in [2.45, 2.75) is 19.1 Å². The molecule has 3 heterocycles. The van der Waals surface area contributed by atoms with E-state index < -0.39 is 18.0 Å². The number of hydrogen-bond donors (Lipinski definition) is 3. The summed E-state index contributed by atoms with van der Waals surface area (Å²) in [6, 6.07) is 0. The molecule has 8 heteroatoms. The second-order valence-electron chi connectivity index (χ2n) is 3.85. The topological polar surface area (TPSA) is 129 Å². The molecular weight excluding hydrogens is 272 g/mol. The molecule has 1 unspecified atom stereocenters. The Kier molecular flexibility index (Phi) is 10.7. The maximum absolute atomic E-state index is 9.92. The third-order valence-electron chi connectivity index (χ3n) is 1.68. The van der Waals surface area contributed by atoms with Crippen LogP contribution < -0.4 is 0 Å². The van der Waals surface area contributed by atoms with Gasteiger partial charge in [0.25, 0.3) is 0 Å². The quantitative estimate of drug-likeness (QED) is 0.314. The van der Waals surface area contributed by atoms with E-state index in [4.69, 9.17) is 20.1 Å². The first-order chi connectivity index (χ1) is 9.49.